The summed E-state index contributed by atoms with van der Waals surface area (Å²) in [6, 6.07) is 16.5. The van der Waals surface area contributed by atoms with Crippen molar-refractivity contribution in [3.05, 3.63) is 69.9 Å². The van der Waals surface area contributed by atoms with Gasteiger partial charge in [0.15, 0.2) is 0 Å². The smallest absolute Gasteiger partial charge is 0.269 e. The Hall–Kier alpha value is -3.70. The van der Waals surface area contributed by atoms with E-state index in [0.717, 1.165) is 22.3 Å². The molecule has 8 heteroatoms. The lowest BCUT2D eigenvalue weighted by molar-refractivity contribution is -0.384. The summed E-state index contributed by atoms with van der Waals surface area (Å²) in [6.45, 7) is 1.81. The van der Waals surface area contributed by atoms with E-state index in [0.29, 0.717) is 12.0 Å². The van der Waals surface area contributed by atoms with Crippen LogP contribution in [0.25, 0.3) is 10.9 Å². The Kier molecular flexibility index (Phi) is 5.23. The topological polar surface area (TPSA) is 104 Å². The normalized spacial score (nSPS) is 22.2. The lowest BCUT2D eigenvalue weighted by Gasteiger charge is -2.50. The van der Waals surface area contributed by atoms with Gasteiger partial charge >= 0.3 is 0 Å². The molecule has 1 N–H and O–H groups in total. The highest BCUT2D eigenvalue weighted by molar-refractivity contribution is 6.00. The number of aromatic nitrogens is 1. The van der Waals surface area contributed by atoms with Crippen LogP contribution in [0.3, 0.4) is 0 Å². The molecule has 3 aromatic rings. The van der Waals surface area contributed by atoms with Crippen molar-refractivity contribution in [2.45, 2.75) is 24.9 Å². The van der Waals surface area contributed by atoms with Gasteiger partial charge in [0.25, 0.3) is 5.69 Å². The molecule has 0 spiro atoms. The molecule has 3 atom stereocenters. The number of benzene rings is 2. The zero-order valence-corrected chi connectivity index (χ0v) is 18.5. The molecule has 1 aliphatic rings. The maximum absolute atomic E-state index is 13.3. The molecule has 1 aromatic heterocycles. The van der Waals surface area contributed by atoms with Crippen LogP contribution < -0.4 is 5.32 Å². The Bertz CT molecular complexity index is 1260. The number of Topliss-reactive ketones (excluding diaryl/α,β-unsaturated/α-hetero) is 1. The number of anilines is 1. The fraction of sp³-hybridized carbons (Fsp3) is 0.333. The average molecular weight is 431 g/mol. The standard InChI is InChI=1S/C24H25N5O3/c1-5-20(30)21-18(14-25)24(27(2)3,15-10-12-16(13-11-15)29(31)32)26-22-17-8-6-7-9-19(17)28(4)23(21)22/h6-13,18,21,26H,5H2,1-4H3. The van der Waals surface area contributed by atoms with E-state index in [9.17, 15) is 20.2 Å². The second-order valence-corrected chi connectivity index (χ2v) is 8.33. The molecule has 4 rings (SSSR count). The Labute approximate surface area is 186 Å². The summed E-state index contributed by atoms with van der Waals surface area (Å²) in [5, 5.41) is 26.2. The van der Waals surface area contributed by atoms with Gasteiger partial charge in [0.2, 0.25) is 0 Å². The van der Waals surface area contributed by atoms with Crippen LogP contribution in [0.2, 0.25) is 0 Å². The molecule has 32 heavy (non-hydrogen) atoms. The zero-order chi connectivity index (χ0) is 23.2. The molecule has 1 aliphatic heterocycles. The Morgan fingerprint density at radius 3 is 2.47 bits per heavy atom. The second kappa shape index (κ2) is 7.77. The Morgan fingerprint density at radius 2 is 1.91 bits per heavy atom. The van der Waals surface area contributed by atoms with Gasteiger partial charge < -0.3 is 9.88 Å². The van der Waals surface area contributed by atoms with Crippen LogP contribution in [-0.4, -0.2) is 34.3 Å². The van der Waals surface area contributed by atoms with E-state index in [4.69, 9.17) is 0 Å². The summed E-state index contributed by atoms with van der Waals surface area (Å²) in [4.78, 5) is 26.0. The predicted octanol–water partition coefficient (Wildman–Crippen LogP) is 4.13. The number of nitrogens with zero attached hydrogens (tertiary/aromatic N) is 4. The number of nitriles is 1. The largest absolute Gasteiger partial charge is 0.360 e. The van der Waals surface area contributed by atoms with E-state index in [1.54, 1.807) is 12.1 Å². The van der Waals surface area contributed by atoms with E-state index >= 15 is 0 Å². The number of nitro benzene ring substituents is 1. The van der Waals surface area contributed by atoms with Crippen molar-refractivity contribution >= 4 is 28.1 Å². The van der Waals surface area contributed by atoms with Crippen LogP contribution in [0, 0.1) is 27.4 Å². The van der Waals surface area contributed by atoms with E-state index in [2.05, 4.69) is 11.4 Å². The van der Waals surface area contributed by atoms with E-state index in [1.807, 2.05) is 61.8 Å². The van der Waals surface area contributed by atoms with Crippen molar-refractivity contribution < 1.29 is 9.72 Å². The van der Waals surface area contributed by atoms with Gasteiger partial charge in [0, 0.05) is 31.0 Å². The summed E-state index contributed by atoms with van der Waals surface area (Å²) in [5.41, 5.74) is 2.17. The zero-order valence-electron chi connectivity index (χ0n) is 18.5. The van der Waals surface area contributed by atoms with Crippen molar-refractivity contribution in [1.29, 1.82) is 5.26 Å². The Morgan fingerprint density at radius 1 is 1.25 bits per heavy atom. The molecular formula is C24H25N5O3. The molecule has 0 saturated carbocycles. The number of carbonyl (C=O) groups excluding carboxylic acids is 1. The number of non-ortho nitro benzene ring substituents is 1. The summed E-state index contributed by atoms with van der Waals surface area (Å²) < 4.78 is 2.00. The number of carbonyl (C=O) groups is 1. The van der Waals surface area contributed by atoms with E-state index < -0.39 is 22.4 Å². The number of nitro groups is 1. The molecule has 8 nitrogen and oxygen atoms in total. The first kappa shape index (κ1) is 21.5. The van der Waals surface area contributed by atoms with Crippen LogP contribution >= 0.6 is 0 Å². The summed E-state index contributed by atoms with van der Waals surface area (Å²) in [6.07, 6.45) is 0.299. The molecule has 0 saturated heterocycles. The quantitative estimate of drug-likeness (QED) is 0.481. The predicted molar refractivity (Wildman–Crippen MR) is 122 cm³/mol. The van der Waals surface area contributed by atoms with Gasteiger partial charge in [0.1, 0.15) is 17.4 Å². The molecule has 0 radical (unpaired) electrons. The van der Waals surface area contributed by atoms with Gasteiger partial charge in [-0.25, -0.2) is 0 Å². The number of rotatable bonds is 5. The minimum Gasteiger partial charge on any atom is -0.360 e. The fourth-order valence-electron chi connectivity index (χ4n) is 5.04. The third-order valence-corrected chi connectivity index (χ3v) is 6.60. The first-order valence-electron chi connectivity index (χ1n) is 10.5. The van der Waals surface area contributed by atoms with E-state index in [-0.39, 0.29) is 11.5 Å². The van der Waals surface area contributed by atoms with E-state index in [1.165, 1.54) is 12.1 Å². The molecule has 164 valence electrons. The third kappa shape index (κ3) is 2.89. The van der Waals surface area contributed by atoms with Crippen molar-refractivity contribution in [2.24, 2.45) is 13.0 Å². The highest BCUT2D eigenvalue weighted by Gasteiger charge is 2.54. The van der Waals surface area contributed by atoms with Gasteiger partial charge in [-0.15, -0.1) is 0 Å². The highest BCUT2D eigenvalue weighted by Crippen LogP contribution is 2.52. The first-order valence-corrected chi connectivity index (χ1v) is 10.5. The van der Waals surface area contributed by atoms with Crippen LogP contribution in [0.15, 0.2) is 48.5 Å². The maximum Gasteiger partial charge on any atom is 0.269 e. The van der Waals surface area contributed by atoms with Gasteiger partial charge in [0.05, 0.1) is 33.8 Å². The Balaban J connectivity index is 2.06. The minimum absolute atomic E-state index is 0.0154. The SMILES string of the molecule is CCC(=O)C1c2c(c3ccccc3n2C)NC(c2ccc([N+](=O)[O-])cc2)(N(C)C)C1C#N. The number of para-hydroxylation sites is 1. The number of hydrogen-bond donors (Lipinski definition) is 1. The molecule has 0 fully saturated rings. The molecule has 0 bridgehead atoms. The minimum atomic E-state index is -1.06. The van der Waals surface area contributed by atoms with Crippen molar-refractivity contribution in [1.82, 2.24) is 9.47 Å². The molecule has 0 amide bonds. The van der Waals surface area contributed by atoms with Crippen molar-refractivity contribution in [2.75, 3.05) is 19.4 Å². The lowest BCUT2D eigenvalue weighted by atomic mass is 9.70. The monoisotopic (exact) mass is 431 g/mol. The number of fused-ring (bicyclic) bond motifs is 3. The number of nitrogens with one attached hydrogen (secondary N) is 1. The van der Waals surface area contributed by atoms with Crippen LogP contribution in [0.4, 0.5) is 11.4 Å². The van der Waals surface area contributed by atoms with Crippen molar-refractivity contribution in [3.63, 3.8) is 0 Å². The van der Waals surface area contributed by atoms with Gasteiger partial charge in [-0.2, -0.15) is 5.26 Å². The number of aryl methyl sites for hydroxylation is 1. The number of hydrogen-bond acceptors (Lipinski definition) is 6. The second-order valence-electron chi connectivity index (χ2n) is 8.33. The molecular weight excluding hydrogens is 406 g/mol. The van der Waals surface area contributed by atoms with Crippen LogP contribution in [0.5, 0.6) is 0 Å². The molecule has 0 aliphatic carbocycles. The van der Waals surface area contributed by atoms with Gasteiger partial charge in [-0.3, -0.25) is 19.8 Å². The maximum atomic E-state index is 13.3. The summed E-state index contributed by atoms with van der Waals surface area (Å²) in [5.74, 6) is -1.43. The van der Waals surface area contributed by atoms with Gasteiger partial charge in [-0.1, -0.05) is 25.1 Å². The molecule has 3 unspecified atom stereocenters. The highest BCUT2D eigenvalue weighted by atomic mass is 16.6. The summed E-state index contributed by atoms with van der Waals surface area (Å²) >= 11 is 0. The molecule has 2 heterocycles. The number of ketones is 1. The van der Waals surface area contributed by atoms with Crippen molar-refractivity contribution in [3.8, 4) is 6.07 Å². The lowest BCUT2D eigenvalue weighted by Crippen LogP contribution is -2.58. The van der Waals surface area contributed by atoms with Crippen LogP contribution in [0.1, 0.15) is 30.5 Å². The fourth-order valence-corrected chi connectivity index (χ4v) is 5.04. The third-order valence-electron chi connectivity index (χ3n) is 6.60. The molecule has 2 aromatic carbocycles. The van der Waals surface area contributed by atoms with Crippen LogP contribution in [-0.2, 0) is 17.5 Å². The first-order chi connectivity index (χ1) is 15.3. The summed E-state index contributed by atoms with van der Waals surface area (Å²) in [7, 11) is 5.62. The van der Waals surface area contributed by atoms with Gasteiger partial charge in [-0.05, 0) is 37.9 Å². The average Bonchev–Trinajstić information content (AvgIpc) is 3.08.